The quantitative estimate of drug-likeness (QED) is 0.795. The molecule has 3 heterocycles. The van der Waals surface area contributed by atoms with E-state index in [0.717, 1.165) is 31.5 Å². The van der Waals surface area contributed by atoms with Crippen LogP contribution in [0.4, 0.5) is 18.0 Å². The van der Waals surface area contributed by atoms with Crippen LogP contribution >= 0.6 is 0 Å². The van der Waals surface area contributed by atoms with E-state index < -0.39 is 17.3 Å². The predicted octanol–water partition coefficient (Wildman–Crippen LogP) is 4.27. The number of hydrogen-bond donors (Lipinski definition) is 0. The maximum Gasteiger partial charge on any atom is 0.417 e. The fourth-order valence-corrected chi connectivity index (χ4v) is 3.49. The first kappa shape index (κ1) is 18.8. The summed E-state index contributed by atoms with van der Waals surface area (Å²) in [6.07, 6.45) is -1.31. The summed E-state index contributed by atoms with van der Waals surface area (Å²) in [7, 11) is 0. The molecule has 2 bridgehead atoms. The first-order valence-corrected chi connectivity index (χ1v) is 8.70. The molecule has 1 amide bonds. The zero-order chi connectivity index (χ0) is 19.1. The van der Waals surface area contributed by atoms with Crippen LogP contribution in [0.5, 0.6) is 5.88 Å². The first-order chi connectivity index (χ1) is 12.0. The number of rotatable bonds is 3. The molecule has 1 saturated carbocycles. The van der Waals surface area contributed by atoms with Gasteiger partial charge < -0.3 is 9.47 Å². The highest BCUT2D eigenvalue weighted by molar-refractivity contribution is 5.69. The Balaban J connectivity index is 1.63. The second-order valence-electron chi connectivity index (χ2n) is 7.96. The third-order valence-corrected chi connectivity index (χ3v) is 4.69. The molecule has 0 aromatic carbocycles. The van der Waals surface area contributed by atoms with Crippen molar-refractivity contribution >= 4 is 6.09 Å². The monoisotopic (exact) mass is 372 g/mol. The van der Waals surface area contributed by atoms with Crippen LogP contribution in [0.25, 0.3) is 0 Å². The van der Waals surface area contributed by atoms with Gasteiger partial charge in [-0.15, -0.1) is 0 Å². The number of nitrogens with zero attached hydrogens (tertiary/aromatic N) is 2. The Morgan fingerprint density at radius 2 is 1.92 bits per heavy atom. The number of aromatic nitrogens is 1. The lowest BCUT2D eigenvalue weighted by atomic mass is 9.71. The summed E-state index contributed by atoms with van der Waals surface area (Å²) in [6.45, 7) is 5.63. The minimum Gasteiger partial charge on any atom is -0.475 e. The number of amides is 1. The smallest absolute Gasteiger partial charge is 0.417 e. The van der Waals surface area contributed by atoms with Gasteiger partial charge >= 0.3 is 12.3 Å². The first-order valence-electron chi connectivity index (χ1n) is 8.70. The maximum atomic E-state index is 12.6. The van der Waals surface area contributed by atoms with Crippen molar-refractivity contribution in [2.45, 2.75) is 63.9 Å². The summed E-state index contributed by atoms with van der Waals surface area (Å²) in [5.74, 6) is 0.675. The van der Waals surface area contributed by atoms with Crippen LogP contribution in [-0.2, 0) is 10.9 Å². The van der Waals surface area contributed by atoms with Gasteiger partial charge in [0.25, 0.3) is 0 Å². The number of piperidine rings is 2. The number of pyridine rings is 1. The average molecular weight is 372 g/mol. The molecule has 1 aromatic rings. The van der Waals surface area contributed by atoms with E-state index in [1.165, 1.54) is 6.07 Å². The second kappa shape index (κ2) is 6.63. The standard InChI is InChI=1S/C18H23F3N2O3/c1-17(2,3)26-16(24)23-13-6-11(7-13)8-14(23)10-25-15-5-4-12(9-22-15)18(19,20)21/h4-5,9,11,13-14H,6-8,10H2,1-3H3. The van der Waals surface area contributed by atoms with Gasteiger partial charge in [0.2, 0.25) is 5.88 Å². The third-order valence-electron chi connectivity index (χ3n) is 4.69. The van der Waals surface area contributed by atoms with Gasteiger partial charge in [-0.1, -0.05) is 0 Å². The lowest BCUT2D eigenvalue weighted by Gasteiger charge is -2.53. The molecule has 3 aliphatic rings. The van der Waals surface area contributed by atoms with Crippen molar-refractivity contribution in [1.29, 1.82) is 0 Å². The summed E-state index contributed by atoms with van der Waals surface area (Å²) in [4.78, 5) is 18.0. The van der Waals surface area contributed by atoms with Gasteiger partial charge in [-0.25, -0.2) is 9.78 Å². The Kier molecular flexibility index (Phi) is 4.79. The lowest BCUT2D eigenvalue weighted by molar-refractivity contribution is -0.137. The molecule has 2 aliphatic heterocycles. The predicted molar refractivity (Wildman–Crippen MR) is 87.7 cm³/mol. The van der Waals surface area contributed by atoms with Crippen molar-refractivity contribution in [1.82, 2.24) is 9.88 Å². The molecule has 5 nitrogen and oxygen atoms in total. The summed E-state index contributed by atoms with van der Waals surface area (Å²) < 4.78 is 48.8. The lowest BCUT2D eigenvalue weighted by Crippen LogP contribution is -2.61. The third kappa shape index (κ3) is 4.22. The van der Waals surface area contributed by atoms with Gasteiger partial charge in [0.1, 0.15) is 12.2 Å². The molecule has 1 unspecified atom stereocenters. The second-order valence-corrected chi connectivity index (χ2v) is 7.96. The summed E-state index contributed by atoms with van der Waals surface area (Å²) >= 11 is 0. The van der Waals surface area contributed by atoms with Gasteiger partial charge in [-0.05, 0) is 52.0 Å². The number of alkyl halides is 3. The van der Waals surface area contributed by atoms with Crippen LogP contribution in [0, 0.1) is 5.92 Å². The van der Waals surface area contributed by atoms with E-state index in [4.69, 9.17) is 9.47 Å². The van der Waals surface area contributed by atoms with Crippen LogP contribution in [0.2, 0.25) is 0 Å². The fourth-order valence-electron chi connectivity index (χ4n) is 3.49. The number of ether oxygens (including phenoxy) is 2. The van der Waals surface area contributed by atoms with E-state index in [1.807, 2.05) is 20.8 Å². The zero-order valence-corrected chi connectivity index (χ0v) is 15.0. The molecule has 144 valence electrons. The Labute approximate surface area is 150 Å². The van der Waals surface area contributed by atoms with Crippen LogP contribution in [0.15, 0.2) is 18.3 Å². The highest BCUT2D eigenvalue weighted by Gasteiger charge is 2.47. The van der Waals surface area contributed by atoms with Crippen molar-refractivity contribution in [2.75, 3.05) is 6.61 Å². The minimum atomic E-state index is -4.43. The van der Waals surface area contributed by atoms with E-state index in [-0.39, 0.29) is 30.7 Å². The Hall–Kier alpha value is -1.99. The minimum absolute atomic E-state index is 0.112. The fraction of sp³-hybridized carbons (Fsp3) is 0.667. The number of carbonyl (C=O) groups is 1. The SMILES string of the molecule is CC(C)(C)OC(=O)N1C(COc2ccc(C(F)(F)F)cn2)CC2CC1C2. The molecule has 1 aliphatic carbocycles. The van der Waals surface area contributed by atoms with Gasteiger partial charge in [0.15, 0.2) is 0 Å². The number of fused-ring (bicyclic) bond motifs is 2. The van der Waals surface area contributed by atoms with Crippen LogP contribution in [-0.4, -0.2) is 40.3 Å². The molecule has 4 rings (SSSR count). The normalized spacial score (nSPS) is 25.5. The Morgan fingerprint density at radius 1 is 1.23 bits per heavy atom. The summed E-state index contributed by atoms with van der Waals surface area (Å²) in [6, 6.07) is 2.13. The molecule has 26 heavy (non-hydrogen) atoms. The van der Waals surface area contributed by atoms with Crippen LogP contribution in [0.1, 0.15) is 45.6 Å². The Morgan fingerprint density at radius 3 is 2.46 bits per heavy atom. The van der Waals surface area contributed by atoms with Gasteiger partial charge in [-0.3, -0.25) is 4.90 Å². The molecule has 0 N–H and O–H groups in total. The van der Waals surface area contributed by atoms with Crippen molar-refractivity contribution in [2.24, 2.45) is 5.92 Å². The van der Waals surface area contributed by atoms with E-state index >= 15 is 0 Å². The van der Waals surface area contributed by atoms with E-state index in [1.54, 1.807) is 4.90 Å². The molecular formula is C18H23F3N2O3. The van der Waals surface area contributed by atoms with E-state index in [0.29, 0.717) is 5.92 Å². The van der Waals surface area contributed by atoms with Gasteiger partial charge in [0, 0.05) is 18.3 Å². The topological polar surface area (TPSA) is 51.7 Å². The molecule has 0 spiro atoms. The molecular weight excluding hydrogens is 349 g/mol. The van der Waals surface area contributed by atoms with Crippen molar-refractivity contribution < 1.29 is 27.4 Å². The average Bonchev–Trinajstić information content (AvgIpc) is 2.49. The number of carbonyl (C=O) groups excluding carboxylic acids is 1. The maximum absolute atomic E-state index is 12.6. The highest BCUT2D eigenvalue weighted by atomic mass is 19.4. The van der Waals surface area contributed by atoms with Crippen LogP contribution in [0.3, 0.4) is 0 Å². The molecule has 1 atom stereocenters. The van der Waals surface area contributed by atoms with Crippen molar-refractivity contribution in [3.63, 3.8) is 0 Å². The van der Waals surface area contributed by atoms with Gasteiger partial charge in [-0.2, -0.15) is 13.2 Å². The van der Waals surface area contributed by atoms with E-state index in [9.17, 15) is 18.0 Å². The molecule has 2 saturated heterocycles. The molecule has 1 aromatic heterocycles. The largest absolute Gasteiger partial charge is 0.475 e. The Bertz CT molecular complexity index is 649. The molecule has 0 radical (unpaired) electrons. The van der Waals surface area contributed by atoms with Crippen molar-refractivity contribution in [3.8, 4) is 5.88 Å². The molecule has 8 heteroatoms. The molecule has 3 fully saturated rings. The summed E-state index contributed by atoms with van der Waals surface area (Å²) in [5, 5.41) is 0. The van der Waals surface area contributed by atoms with Gasteiger partial charge in [0.05, 0.1) is 11.6 Å². The van der Waals surface area contributed by atoms with Crippen LogP contribution < -0.4 is 4.74 Å². The van der Waals surface area contributed by atoms with E-state index in [2.05, 4.69) is 4.98 Å². The number of halogens is 3. The number of hydrogen-bond acceptors (Lipinski definition) is 4. The zero-order valence-electron chi connectivity index (χ0n) is 15.0. The summed E-state index contributed by atoms with van der Waals surface area (Å²) in [5.41, 5.74) is -1.41. The van der Waals surface area contributed by atoms with Crippen molar-refractivity contribution in [3.05, 3.63) is 23.9 Å². The highest BCUT2D eigenvalue weighted by Crippen LogP contribution is 2.43.